The minimum atomic E-state index is -3.90. The summed E-state index contributed by atoms with van der Waals surface area (Å²) in [4.78, 5) is 14.5. The predicted octanol–water partition coefficient (Wildman–Crippen LogP) is 5.61. The van der Waals surface area contributed by atoms with E-state index in [-0.39, 0.29) is 4.90 Å². The molecule has 1 unspecified atom stereocenters. The first-order valence-electron chi connectivity index (χ1n) is 9.10. The van der Waals surface area contributed by atoms with Crippen molar-refractivity contribution >= 4 is 38.2 Å². The zero-order valence-corrected chi connectivity index (χ0v) is 17.1. The predicted molar refractivity (Wildman–Crippen MR) is 118 cm³/mol. The number of carbonyl (C=O) groups excluding carboxylic acids is 1. The highest BCUT2D eigenvalue weighted by Gasteiger charge is 2.36. The van der Waals surface area contributed by atoms with Crippen LogP contribution in [0.1, 0.15) is 10.4 Å². The van der Waals surface area contributed by atoms with Crippen molar-refractivity contribution in [2.75, 3.05) is 0 Å². The Balaban J connectivity index is 1.85. The molecule has 5 heteroatoms. The highest BCUT2D eigenvalue weighted by Crippen LogP contribution is 2.34. The van der Waals surface area contributed by atoms with Crippen molar-refractivity contribution in [1.82, 2.24) is 0 Å². The van der Waals surface area contributed by atoms with Gasteiger partial charge in [0.05, 0.1) is 4.90 Å². The van der Waals surface area contributed by atoms with Gasteiger partial charge >= 0.3 is 0 Å². The van der Waals surface area contributed by atoms with Crippen LogP contribution in [-0.2, 0) is 9.84 Å². The molecule has 0 N–H and O–H groups in total. The van der Waals surface area contributed by atoms with E-state index in [1.807, 2.05) is 60.7 Å². The van der Waals surface area contributed by atoms with Gasteiger partial charge in [-0.1, -0.05) is 90.6 Å². The van der Waals surface area contributed by atoms with Gasteiger partial charge in [0.25, 0.3) is 0 Å². The molecule has 0 radical (unpaired) electrons. The van der Waals surface area contributed by atoms with E-state index in [2.05, 4.69) is 0 Å². The molecule has 0 fully saturated rings. The number of benzene rings is 4. The number of Topliss-reactive ketones (excluding diaryl/α,β-unsaturated/α-hetero) is 1. The SMILES string of the molecule is O=C(c1cccc2ccccc12)C(Sc1ccccc1)S(=O)(=O)c1ccccc1. The molecular weight excluding hydrogens is 400 g/mol. The van der Waals surface area contributed by atoms with E-state index in [1.165, 1.54) is 12.1 Å². The molecule has 3 nitrogen and oxygen atoms in total. The molecule has 29 heavy (non-hydrogen) atoms. The Morgan fingerprint density at radius 3 is 2.00 bits per heavy atom. The van der Waals surface area contributed by atoms with Gasteiger partial charge in [-0.15, -0.1) is 0 Å². The summed E-state index contributed by atoms with van der Waals surface area (Å²) in [7, 11) is -3.90. The molecule has 4 rings (SSSR count). The molecule has 0 aliphatic heterocycles. The van der Waals surface area contributed by atoms with Crippen molar-refractivity contribution in [1.29, 1.82) is 0 Å². The fourth-order valence-electron chi connectivity index (χ4n) is 3.18. The van der Waals surface area contributed by atoms with Gasteiger partial charge in [0.15, 0.2) is 20.2 Å². The molecule has 0 amide bonds. The van der Waals surface area contributed by atoms with Crippen LogP contribution in [0, 0.1) is 0 Å². The zero-order chi connectivity index (χ0) is 20.3. The van der Waals surface area contributed by atoms with Crippen LogP contribution in [0.3, 0.4) is 0 Å². The van der Waals surface area contributed by atoms with Gasteiger partial charge in [-0.2, -0.15) is 0 Å². The highest BCUT2D eigenvalue weighted by atomic mass is 32.3. The Kier molecular flexibility index (Phi) is 5.51. The minimum absolute atomic E-state index is 0.141. The molecule has 4 aromatic carbocycles. The average Bonchev–Trinajstić information content (AvgIpc) is 2.78. The van der Waals surface area contributed by atoms with Gasteiger partial charge in [0, 0.05) is 10.5 Å². The Morgan fingerprint density at radius 1 is 0.690 bits per heavy atom. The van der Waals surface area contributed by atoms with E-state index in [0.717, 1.165) is 27.4 Å². The average molecular weight is 419 g/mol. The van der Waals surface area contributed by atoms with Crippen LogP contribution in [-0.4, -0.2) is 18.8 Å². The van der Waals surface area contributed by atoms with Crippen LogP contribution in [0.15, 0.2) is 113 Å². The number of hydrogen-bond acceptors (Lipinski definition) is 4. The summed E-state index contributed by atoms with van der Waals surface area (Å²) in [5.74, 6) is -0.417. The lowest BCUT2D eigenvalue weighted by Crippen LogP contribution is -2.28. The molecule has 1 atom stereocenters. The lowest BCUT2D eigenvalue weighted by Gasteiger charge is -2.18. The van der Waals surface area contributed by atoms with E-state index in [0.29, 0.717) is 5.56 Å². The second kappa shape index (κ2) is 8.23. The summed E-state index contributed by atoms with van der Waals surface area (Å²) in [5.41, 5.74) is 0.413. The molecule has 0 spiro atoms. The maximum atomic E-state index is 13.6. The highest BCUT2D eigenvalue weighted by molar-refractivity contribution is 8.14. The number of ketones is 1. The summed E-state index contributed by atoms with van der Waals surface area (Å²) >= 11 is 1.06. The fourth-order valence-corrected chi connectivity index (χ4v) is 6.34. The third-order valence-electron chi connectivity index (χ3n) is 4.61. The Bertz CT molecular complexity index is 1250. The molecule has 0 aromatic heterocycles. The zero-order valence-electron chi connectivity index (χ0n) is 15.4. The molecule has 0 saturated carbocycles. The number of hydrogen-bond donors (Lipinski definition) is 0. The molecule has 0 bridgehead atoms. The smallest absolute Gasteiger partial charge is 0.198 e. The van der Waals surface area contributed by atoms with Gasteiger partial charge in [0.2, 0.25) is 0 Å². The van der Waals surface area contributed by atoms with Gasteiger partial charge in [-0.25, -0.2) is 8.42 Å². The lowest BCUT2D eigenvalue weighted by atomic mass is 10.0. The molecule has 4 aromatic rings. The van der Waals surface area contributed by atoms with Crippen LogP contribution < -0.4 is 0 Å². The number of sulfone groups is 1. The van der Waals surface area contributed by atoms with E-state index in [4.69, 9.17) is 0 Å². The molecule has 0 aliphatic rings. The van der Waals surface area contributed by atoms with Crippen LogP contribution in [0.2, 0.25) is 0 Å². The fraction of sp³-hybridized carbons (Fsp3) is 0.0417. The first-order chi connectivity index (χ1) is 14.1. The third kappa shape index (κ3) is 3.97. The van der Waals surface area contributed by atoms with Crippen LogP contribution in [0.25, 0.3) is 10.8 Å². The van der Waals surface area contributed by atoms with Gasteiger partial charge in [0.1, 0.15) is 0 Å². The van der Waals surface area contributed by atoms with Crippen molar-refractivity contribution in [3.8, 4) is 0 Å². The van der Waals surface area contributed by atoms with E-state index < -0.39 is 20.2 Å². The molecular formula is C24H18O3S2. The standard InChI is InChI=1S/C24H18O3S2/c25-23(22-17-9-11-18-10-7-8-16-21(18)22)24(28-19-12-3-1-4-13-19)29(26,27)20-14-5-2-6-15-20/h1-17,24H. The van der Waals surface area contributed by atoms with Crippen LogP contribution >= 0.6 is 11.8 Å². The molecule has 144 valence electrons. The first kappa shape index (κ1) is 19.4. The van der Waals surface area contributed by atoms with E-state index >= 15 is 0 Å². The summed E-state index contributed by atoms with van der Waals surface area (Å²) in [6.45, 7) is 0. The first-order valence-corrected chi connectivity index (χ1v) is 11.5. The van der Waals surface area contributed by atoms with Gasteiger partial charge in [-0.3, -0.25) is 4.79 Å². The third-order valence-corrected chi connectivity index (χ3v) is 8.34. The quantitative estimate of drug-likeness (QED) is 0.301. The second-order valence-electron chi connectivity index (χ2n) is 6.51. The van der Waals surface area contributed by atoms with Crippen molar-refractivity contribution in [3.63, 3.8) is 0 Å². The van der Waals surface area contributed by atoms with Gasteiger partial charge < -0.3 is 0 Å². The van der Waals surface area contributed by atoms with Crippen molar-refractivity contribution in [2.45, 2.75) is 14.4 Å². The van der Waals surface area contributed by atoms with Crippen molar-refractivity contribution in [2.24, 2.45) is 0 Å². The molecule has 0 aliphatic carbocycles. The number of fused-ring (bicyclic) bond motifs is 1. The van der Waals surface area contributed by atoms with Crippen molar-refractivity contribution in [3.05, 3.63) is 109 Å². The van der Waals surface area contributed by atoms with Crippen LogP contribution in [0.4, 0.5) is 0 Å². The van der Waals surface area contributed by atoms with E-state index in [1.54, 1.807) is 30.3 Å². The number of carbonyl (C=O) groups is 1. The largest absolute Gasteiger partial charge is 0.292 e. The second-order valence-corrected chi connectivity index (χ2v) is 10.0. The lowest BCUT2D eigenvalue weighted by molar-refractivity contribution is 0.101. The summed E-state index contributed by atoms with van der Waals surface area (Å²) in [6, 6.07) is 30.2. The molecule has 0 saturated heterocycles. The van der Waals surface area contributed by atoms with E-state index in [9.17, 15) is 13.2 Å². The Morgan fingerprint density at radius 2 is 1.28 bits per heavy atom. The summed E-state index contributed by atoms with van der Waals surface area (Å²) < 4.78 is 25.6. The summed E-state index contributed by atoms with van der Waals surface area (Å²) in [5, 5.41) is 1.65. The van der Waals surface area contributed by atoms with Crippen LogP contribution in [0.5, 0.6) is 0 Å². The monoisotopic (exact) mass is 418 g/mol. The summed E-state index contributed by atoms with van der Waals surface area (Å²) in [6.07, 6.45) is 0. The normalized spacial score (nSPS) is 12.6. The molecule has 0 heterocycles. The topological polar surface area (TPSA) is 51.2 Å². The number of rotatable bonds is 6. The van der Waals surface area contributed by atoms with Crippen molar-refractivity contribution < 1.29 is 13.2 Å². The Hall–Kier alpha value is -2.89. The maximum absolute atomic E-state index is 13.6. The maximum Gasteiger partial charge on any atom is 0.198 e. The number of thioether (sulfide) groups is 1. The Labute approximate surface area is 174 Å². The minimum Gasteiger partial charge on any atom is -0.292 e. The van der Waals surface area contributed by atoms with Gasteiger partial charge in [-0.05, 0) is 35.0 Å².